The van der Waals surface area contributed by atoms with Crippen LogP contribution in [0.25, 0.3) is 0 Å². The summed E-state index contributed by atoms with van der Waals surface area (Å²) in [5.74, 6) is 1.01. The summed E-state index contributed by atoms with van der Waals surface area (Å²) in [5.41, 5.74) is 0. The maximum absolute atomic E-state index is 9.77. The van der Waals surface area contributed by atoms with Gasteiger partial charge in [-0.3, -0.25) is 0 Å². The Morgan fingerprint density at radius 2 is 2.31 bits per heavy atom. The van der Waals surface area contributed by atoms with Crippen molar-refractivity contribution in [2.24, 2.45) is 0 Å². The van der Waals surface area contributed by atoms with Crippen molar-refractivity contribution in [2.45, 2.75) is 45.8 Å². The van der Waals surface area contributed by atoms with E-state index in [9.17, 15) is 5.11 Å². The van der Waals surface area contributed by atoms with Crippen LogP contribution in [0.3, 0.4) is 0 Å². The molecule has 0 aromatic carbocycles. The Balaban J connectivity index is 2.25. The second kappa shape index (κ2) is 7.41. The molecule has 0 aliphatic rings. The highest BCUT2D eigenvalue weighted by molar-refractivity contribution is 4.92. The summed E-state index contributed by atoms with van der Waals surface area (Å²) in [6, 6.07) is 0. The third-order valence-corrected chi connectivity index (χ3v) is 2.48. The zero-order chi connectivity index (χ0) is 11.8. The van der Waals surface area contributed by atoms with Gasteiger partial charge in [0, 0.05) is 25.4 Å². The van der Waals surface area contributed by atoms with Gasteiger partial charge < -0.3 is 14.4 Å². The molecule has 1 heterocycles. The monoisotopic (exact) mass is 226 g/mol. The van der Waals surface area contributed by atoms with Crippen molar-refractivity contribution in [1.29, 1.82) is 0 Å². The predicted molar refractivity (Wildman–Crippen MR) is 63.3 cm³/mol. The molecule has 0 saturated heterocycles. The minimum Gasteiger partial charge on any atom is -0.389 e. The molecule has 0 aliphatic carbocycles. The van der Waals surface area contributed by atoms with Gasteiger partial charge in [0.05, 0.1) is 19.3 Å². The van der Waals surface area contributed by atoms with E-state index in [0.717, 1.165) is 31.7 Å². The summed E-state index contributed by atoms with van der Waals surface area (Å²) >= 11 is 0. The van der Waals surface area contributed by atoms with Crippen molar-refractivity contribution in [1.82, 2.24) is 9.55 Å². The molecule has 0 saturated carbocycles. The van der Waals surface area contributed by atoms with E-state index in [1.54, 1.807) is 6.20 Å². The minimum atomic E-state index is -0.448. The molecule has 0 fully saturated rings. The van der Waals surface area contributed by atoms with Crippen LogP contribution in [0.4, 0.5) is 0 Å². The molecular formula is C12H22N2O2. The Morgan fingerprint density at radius 1 is 1.50 bits per heavy atom. The van der Waals surface area contributed by atoms with E-state index in [0.29, 0.717) is 13.2 Å². The summed E-state index contributed by atoms with van der Waals surface area (Å²) in [6.45, 7) is 5.89. The van der Waals surface area contributed by atoms with Crippen LogP contribution in [0, 0.1) is 0 Å². The molecule has 1 unspecified atom stereocenters. The average Bonchev–Trinajstić information content (AvgIpc) is 2.71. The molecule has 1 N–H and O–H groups in total. The first-order valence-electron chi connectivity index (χ1n) is 6.03. The molecular weight excluding hydrogens is 204 g/mol. The summed E-state index contributed by atoms with van der Waals surface area (Å²) in [7, 11) is 0. The molecule has 4 heteroatoms. The number of unbranched alkanes of at least 4 members (excludes halogenated alkanes) is 1. The number of hydrogen-bond acceptors (Lipinski definition) is 3. The number of hydrogen-bond donors (Lipinski definition) is 1. The van der Waals surface area contributed by atoms with Crippen LogP contribution in [-0.4, -0.2) is 34.0 Å². The number of aryl methyl sites for hydroxylation is 1. The lowest BCUT2D eigenvalue weighted by atomic mass is 10.3. The molecule has 1 aromatic heterocycles. The lowest BCUT2D eigenvalue weighted by Crippen LogP contribution is -2.23. The fourth-order valence-corrected chi connectivity index (χ4v) is 1.57. The molecule has 0 spiro atoms. The van der Waals surface area contributed by atoms with Crippen molar-refractivity contribution in [3.63, 3.8) is 0 Å². The number of ether oxygens (including phenoxy) is 1. The standard InChI is InChI=1S/C12H22N2O2/c1-3-5-8-16-10-11(15)9-14-7-6-13-12(14)4-2/h6-7,11,15H,3-5,8-10H2,1-2H3. The van der Waals surface area contributed by atoms with Gasteiger partial charge >= 0.3 is 0 Å². The maximum Gasteiger partial charge on any atom is 0.108 e. The van der Waals surface area contributed by atoms with Gasteiger partial charge in [-0.2, -0.15) is 0 Å². The first-order chi connectivity index (χ1) is 7.77. The van der Waals surface area contributed by atoms with E-state index >= 15 is 0 Å². The van der Waals surface area contributed by atoms with Crippen LogP contribution in [0.5, 0.6) is 0 Å². The van der Waals surface area contributed by atoms with Crippen molar-refractivity contribution in [3.05, 3.63) is 18.2 Å². The highest BCUT2D eigenvalue weighted by Crippen LogP contribution is 2.01. The van der Waals surface area contributed by atoms with Gasteiger partial charge in [0.25, 0.3) is 0 Å². The zero-order valence-electron chi connectivity index (χ0n) is 10.2. The fourth-order valence-electron chi connectivity index (χ4n) is 1.57. The van der Waals surface area contributed by atoms with Crippen LogP contribution in [0.1, 0.15) is 32.5 Å². The molecule has 0 radical (unpaired) electrons. The average molecular weight is 226 g/mol. The Hall–Kier alpha value is -0.870. The number of aliphatic hydroxyl groups is 1. The quantitative estimate of drug-likeness (QED) is 0.685. The van der Waals surface area contributed by atoms with Crippen LogP contribution < -0.4 is 0 Å². The largest absolute Gasteiger partial charge is 0.389 e. The number of aromatic nitrogens is 2. The Labute approximate surface area is 97.3 Å². The molecule has 1 aromatic rings. The van der Waals surface area contributed by atoms with Crippen molar-refractivity contribution >= 4 is 0 Å². The second-order valence-corrected chi connectivity index (χ2v) is 3.93. The number of nitrogens with zero attached hydrogens (tertiary/aromatic N) is 2. The molecule has 0 bridgehead atoms. The SMILES string of the molecule is CCCCOCC(O)Cn1ccnc1CC. The molecule has 0 aliphatic heterocycles. The smallest absolute Gasteiger partial charge is 0.108 e. The summed E-state index contributed by atoms with van der Waals surface area (Å²) in [5, 5.41) is 9.77. The van der Waals surface area contributed by atoms with Gasteiger partial charge in [0.15, 0.2) is 0 Å². The van der Waals surface area contributed by atoms with E-state index < -0.39 is 6.10 Å². The highest BCUT2D eigenvalue weighted by Gasteiger charge is 2.07. The van der Waals surface area contributed by atoms with E-state index in [1.807, 2.05) is 10.8 Å². The molecule has 92 valence electrons. The Bertz CT molecular complexity index is 286. The topological polar surface area (TPSA) is 47.3 Å². The Kier molecular flexibility index (Phi) is 6.11. The van der Waals surface area contributed by atoms with Gasteiger partial charge in [-0.25, -0.2) is 4.98 Å². The Morgan fingerprint density at radius 3 is 3.00 bits per heavy atom. The van der Waals surface area contributed by atoms with E-state index in [1.165, 1.54) is 0 Å². The van der Waals surface area contributed by atoms with Gasteiger partial charge in [0.2, 0.25) is 0 Å². The lowest BCUT2D eigenvalue weighted by molar-refractivity contribution is 0.0267. The summed E-state index contributed by atoms with van der Waals surface area (Å²) in [6.07, 6.45) is 6.28. The first kappa shape index (κ1) is 13.2. The molecule has 4 nitrogen and oxygen atoms in total. The zero-order valence-corrected chi connectivity index (χ0v) is 10.2. The predicted octanol–water partition coefficient (Wildman–Crippen LogP) is 1.62. The number of rotatable bonds is 8. The maximum atomic E-state index is 9.77. The summed E-state index contributed by atoms with van der Waals surface area (Å²) in [4.78, 5) is 4.21. The normalized spacial score (nSPS) is 12.9. The summed E-state index contributed by atoms with van der Waals surface area (Å²) < 4.78 is 7.35. The fraction of sp³-hybridized carbons (Fsp3) is 0.750. The molecule has 1 rings (SSSR count). The molecule has 0 amide bonds. The highest BCUT2D eigenvalue weighted by atomic mass is 16.5. The lowest BCUT2D eigenvalue weighted by Gasteiger charge is -2.13. The third kappa shape index (κ3) is 4.33. The van der Waals surface area contributed by atoms with Gasteiger partial charge in [0.1, 0.15) is 5.82 Å². The second-order valence-electron chi connectivity index (χ2n) is 3.93. The van der Waals surface area contributed by atoms with Gasteiger partial charge in [-0.1, -0.05) is 20.3 Å². The van der Waals surface area contributed by atoms with Crippen LogP contribution in [0.2, 0.25) is 0 Å². The third-order valence-electron chi connectivity index (χ3n) is 2.48. The van der Waals surface area contributed by atoms with Gasteiger partial charge in [-0.15, -0.1) is 0 Å². The van der Waals surface area contributed by atoms with Crippen molar-refractivity contribution in [3.8, 4) is 0 Å². The van der Waals surface area contributed by atoms with Crippen LogP contribution >= 0.6 is 0 Å². The number of imidazole rings is 1. The first-order valence-corrected chi connectivity index (χ1v) is 6.03. The number of aliphatic hydroxyl groups excluding tert-OH is 1. The van der Waals surface area contributed by atoms with Gasteiger partial charge in [-0.05, 0) is 6.42 Å². The van der Waals surface area contributed by atoms with E-state index in [2.05, 4.69) is 18.8 Å². The minimum absolute atomic E-state index is 0.404. The van der Waals surface area contributed by atoms with Crippen LogP contribution in [0.15, 0.2) is 12.4 Å². The van der Waals surface area contributed by atoms with E-state index in [-0.39, 0.29) is 0 Å². The van der Waals surface area contributed by atoms with Crippen molar-refractivity contribution < 1.29 is 9.84 Å². The van der Waals surface area contributed by atoms with Crippen molar-refractivity contribution in [2.75, 3.05) is 13.2 Å². The van der Waals surface area contributed by atoms with E-state index in [4.69, 9.17) is 4.74 Å². The molecule has 1 atom stereocenters. The molecule has 16 heavy (non-hydrogen) atoms. The van der Waals surface area contributed by atoms with Crippen LogP contribution in [-0.2, 0) is 17.7 Å².